The average Bonchev–Trinajstić information content (AvgIpc) is 2.60. The number of rotatable bonds is 2. The molecule has 5 nitrogen and oxygen atoms in total. The van der Waals surface area contributed by atoms with Gasteiger partial charge in [-0.1, -0.05) is 35.6 Å². The van der Waals surface area contributed by atoms with Crippen molar-refractivity contribution in [3.05, 3.63) is 29.3 Å². The maximum atomic E-state index is 12.2. The first-order valence-corrected chi connectivity index (χ1v) is 7.83. The van der Waals surface area contributed by atoms with E-state index in [1.54, 1.807) is 36.2 Å². The first-order valence-electron chi connectivity index (χ1n) is 6.23. The van der Waals surface area contributed by atoms with Crippen LogP contribution in [-0.2, 0) is 0 Å². The molecule has 0 aliphatic carbocycles. The molecule has 8 heteroatoms. The van der Waals surface area contributed by atoms with Gasteiger partial charge in [-0.15, -0.1) is 0 Å². The second-order valence-electron chi connectivity index (χ2n) is 5.24. The summed E-state index contributed by atoms with van der Waals surface area (Å²) in [6, 6.07) is 6.03. The summed E-state index contributed by atoms with van der Waals surface area (Å²) in [7, 11) is 1.76. The van der Waals surface area contributed by atoms with Gasteiger partial charge < -0.3 is 10.2 Å². The van der Waals surface area contributed by atoms with E-state index in [4.69, 9.17) is 23.8 Å². The molecule has 1 fully saturated rings. The van der Waals surface area contributed by atoms with Crippen LogP contribution in [0.4, 0.5) is 10.5 Å². The van der Waals surface area contributed by atoms with Crippen LogP contribution < -0.4 is 5.32 Å². The molecule has 1 aromatic rings. The number of carbonyl (C=O) groups is 1. The molecule has 2 N–H and O–H groups in total. The molecule has 0 aromatic heterocycles. The Kier molecular flexibility index (Phi) is 4.67. The second kappa shape index (κ2) is 6.00. The summed E-state index contributed by atoms with van der Waals surface area (Å²) in [6.07, 6.45) is -0.540. The summed E-state index contributed by atoms with van der Waals surface area (Å²) in [4.78, 5) is 13.9. The molecule has 0 radical (unpaired) electrons. The quantitative estimate of drug-likeness (QED) is 0.487. The number of hydrogen-bond acceptors (Lipinski definition) is 4. The van der Waals surface area contributed by atoms with Gasteiger partial charge in [0, 0.05) is 17.8 Å². The van der Waals surface area contributed by atoms with Crippen LogP contribution in [0.5, 0.6) is 0 Å². The molecule has 1 heterocycles. The largest absolute Gasteiger partial charge is 0.347 e. The summed E-state index contributed by atoms with van der Waals surface area (Å²) in [5.74, 6) is 0. The zero-order chi connectivity index (χ0) is 15.8. The monoisotopic (exact) mass is 345 g/mol. The predicted molar refractivity (Wildman–Crippen MR) is 89.9 cm³/mol. The number of thioether (sulfide) groups is 1. The van der Waals surface area contributed by atoms with Gasteiger partial charge in [-0.25, -0.2) is 4.79 Å². The molecule has 0 unspecified atom stereocenters. The summed E-state index contributed by atoms with van der Waals surface area (Å²) < 4.78 is 0.237. The van der Waals surface area contributed by atoms with Crippen molar-refractivity contribution < 1.29 is 10.0 Å². The van der Waals surface area contributed by atoms with Crippen LogP contribution in [0.3, 0.4) is 0 Å². The normalized spacial score (nSPS) is 20.5. The van der Waals surface area contributed by atoms with Crippen molar-refractivity contribution in [3.63, 3.8) is 0 Å². The number of hydroxylamine groups is 2. The van der Waals surface area contributed by atoms with Crippen molar-refractivity contribution in [2.24, 2.45) is 0 Å². The van der Waals surface area contributed by atoms with Crippen molar-refractivity contribution in [2.75, 3.05) is 12.4 Å². The Balaban J connectivity index is 2.12. The topological polar surface area (TPSA) is 55.8 Å². The maximum absolute atomic E-state index is 12.2. The highest BCUT2D eigenvalue weighted by Crippen LogP contribution is 2.41. The molecule has 1 saturated heterocycles. The third-order valence-electron chi connectivity index (χ3n) is 3.16. The van der Waals surface area contributed by atoms with Gasteiger partial charge in [0.15, 0.2) is 0 Å². The van der Waals surface area contributed by atoms with E-state index in [-0.39, 0.29) is 0 Å². The Hall–Kier alpha value is -1.02. The number of amides is 2. The zero-order valence-electron chi connectivity index (χ0n) is 11.8. The predicted octanol–water partition coefficient (Wildman–Crippen LogP) is 3.63. The van der Waals surface area contributed by atoms with Gasteiger partial charge in [-0.2, -0.15) is 5.06 Å². The van der Waals surface area contributed by atoms with E-state index in [1.165, 1.54) is 11.8 Å². The number of urea groups is 1. The van der Waals surface area contributed by atoms with E-state index in [2.05, 4.69) is 5.32 Å². The minimum atomic E-state index is -0.618. The molecule has 0 spiro atoms. The lowest BCUT2D eigenvalue weighted by atomic mass is 10.1. The molecule has 2 amide bonds. The smallest absolute Gasteiger partial charge is 0.337 e. The molecule has 1 atom stereocenters. The van der Waals surface area contributed by atoms with Crippen molar-refractivity contribution in [1.29, 1.82) is 0 Å². The number of carbonyl (C=O) groups excluding carboxylic acids is 1. The molecule has 0 saturated carbocycles. The van der Waals surface area contributed by atoms with E-state index >= 15 is 0 Å². The van der Waals surface area contributed by atoms with E-state index in [1.807, 2.05) is 13.8 Å². The van der Waals surface area contributed by atoms with Gasteiger partial charge in [0.1, 0.15) is 10.5 Å². The minimum Gasteiger partial charge on any atom is -0.337 e. The fourth-order valence-corrected chi connectivity index (χ4v) is 4.13. The van der Waals surface area contributed by atoms with Gasteiger partial charge in [0.05, 0.1) is 4.75 Å². The van der Waals surface area contributed by atoms with Crippen molar-refractivity contribution >= 4 is 51.6 Å². The van der Waals surface area contributed by atoms with Crippen LogP contribution in [0.2, 0.25) is 5.02 Å². The highest BCUT2D eigenvalue weighted by Gasteiger charge is 2.47. The summed E-state index contributed by atoms with van der Waals surface area (Å²) in [5.41, 5.74) is 0.553. The number of hydrogen-bond donors (Lipinski definition) is 2. The highest BCUT2D eigenvalue weighted by atomic mass is 35.5. The van der Waals surface area contributed by atoms with Crippen LogP contribution in [0.1, 0.15) is 13.8 Å². The van der Waals surface area contributed by atoms with Crippen LogP contribution >= 0.6 is 35.6 Å². The van der Waals surface area contributed by atoms with Crippen molar-refractivity contribution in [3.8, 4) is 0 Å². The Labute approximate surface area is 138 Å². The molecular weight excluding hydrogens is 330 g/mol. The van der Waals surface area contributed by atoms with Gasteiger partial charge in [0.25, 0.3) is 0 Å². The molecule has 2 rings (SSSR count). The van der Waals surface area contributed by atoms with Gasteiger partial charge in [-0.3, -0.25) is 5.21 Å². The van der Waals surface area contributed by atoms with Crippen LogP contribution in [0, 0.1) is 0 Å². The van der Waals surface area contributed by atoms with E-state index in [0.717, 1.165) is 0 Å². The number of nitrogens with one attached hydrogen (secondary N) is 1. The van der Waals surface area contributed by atoms with E-state index in [0.29, 0.717) is 20.1 Å². The Morgan fingerprint density at radius 1 is 1.48 bits per heavy atom. The second-order valence-corrected chi connectivity index (χ2v) is 7.96. The number of thiocarbonyl (C=S) groups is 1. The number of halogens is 1. The summed E-state index contributed by atoms with van der Waals surface area (Å²) >= 11 is 12.5. The number of nitrogens with zero attached hydrogens (tertiary/aromatic N) is 2. The highest BCUT2D eigenvalue weighted by molar-refractivity contribution is 8.24. The van der Waals surface area contributed by atoms with Crippen LogP contribution in [0.15, 0.2) is 24.3 Å². The average molecular weight is 346 g/mol. The molecule has 21 heavy (non-hydrogen) atoms. The lowest BCUT2D eigenvalue weighted by molar-refractivity contribution is -0.110. The number of benzene rings is 1. The lowest BCUT2D eigenvalue weighted by Gasteiger charge is -2.34. The molecule has 0 bridgehead atoms. The van der Waals surface area contributed by atoms with Crippen LogP contribution in [-0.4, -0.2) is 43.5 Å². The van der Waals surface area contributed by atoms with Gasteiger partial charge >= 0.3 is 6.03 Å². The van der Waals surface area contributed by atoms with E-state index in [9.17, 15) is 10.0 Å². The van der Waals surface area contributed by atoms with Crippen LogP contribution in [0.25, 0.3) is 0 Å². The SMILES string of the molecule is CN1C(=S)SC(C)(C)[C@@H]1N(O)C(=O)Nc1ccc(Cl)cc1. The fraction of sp³-hybridized carbons (Fsp3) is 0.385. The van der Waals surface area contributed by atoms with Gasteiger partial charge in [0.2, 0.25) is 0 Å². The Morgan fingerprint density at radius 3 is 2.52 bits per heavy atom. The molecule has 1 aliphatic heterocycles. The third-order valence-corrected chi connectivity index (χ3v) is 5.15. The third kappa shape index (κ3) is 3.42. The first kappa shape index (κ1) is 16.4. The summed E-state index contributed by atoms with van der Waals surface area (Å²) in [5, 5.41) is 14.1. The first-order chi connectivity index (χ1) is 9.72. The van der Waals surface area contributed by atoms with Crippen molar-refractivity contribution in [1.82, 2.24) is 9.96 Å². The molecule has 114 valence electrons. The van der Waals surface area contributed by atoms with E-state index < -0.39 is 16.9 Å². The maximum Gasteiger partial charge on any atom is 0.347 e. The zero-order valence-corrected chi connectivity index (χ0v) is 14.2. The lowest BCUT2D eigenvalue weighted by Crippen LogP contribution is -2.54. The number of anilines is 1. The molecule has 1 aromatic carbocycles. The van der Waals surface area contributed by atoms with Gasteiger partial charge in [-0.05, 0) is 38.1 Å². The standard InChI is InChI=1S/C13H16ClN3O2S2/c1-13(2)10(16(3)12(20)21-13)17(19)11(18)15-9-6-4-8(14)5-7-9/h4-7,10,19H,1-3H3,(H,15,18)/t10-/m0/s1. The fourth-order valence-electron chi connectivity index (χ4n) is 2.20. The Bertz CT molecular complexity index is 565. The molecular formula is C13H16ClN3O2S2. The van der Waals surface area contributed by atoms with Crippen molar-refractivity contribution in [2.45, 2.75) is 24.8 Å². The summed E-state index contributed by atoms with van der Waals surface area (Å²) in [6.45, 7) is 3.86. The minimum absolute atomic E-state index is 0.405. The molecule has 1 aliphatic rings. The Morgan fingerprint density at radius 2 is 2.05 bits per heavy atom.